The number of fused-ring (bicyclic) bond motifs is 3. The number of ketones is 3. The molecule has 3 atom stereocenters. The molecule has 3 N–H and O–H groups in total. The Morgan fingerprint density at radius 2 is 1.80 bits per heavy atom. The normalized spacial score (nSPS) is 24.2. The first-order chi connectivity index (χ1) is 18.9. The van der Waals surface area contributed by atoms with Gasteiger partial charge in [0.15, 0.2) is 11.4 Å². The highest BCUT2D eigenvalue weighted by molar-refractivity contribution is 6.33. The highest BCUT2D eigenvalue weighted by Crippen LogP contribution is 2.53. The zero-order valence-corrected chi connectivity index (χ0v) is 23.6. The molecular formula is C33H36O7. The van der Waals surface area contributed by atoms with Gasteiger partial charge < -0.3 is 20.1 Å². The fourth-order valence-corrected chi connectivity index (χ4v) is 6.85. The zero-order chi connectivity index (χ0) is 29.1. The average Bonchev–Trinajstić information content (AvgIpc) is 2.89. The fraction of sp³-hybridized carbons (Fsp3) is 0.424. The van der Waals surface area contributed by atoms with E-state index in [0.717, 1.165) is 29.5 Å². The Morgan fingerprint density at radius 1 is 1.07 bits per heavy atom. The van der Waals surface area contributed by atoms with E-state index >= 15 is 0 Å². The van der Waals surface area contributed by atoms with Gasteiger partial charge in [0.2, 0.25) is 11.6 Å². The van der Waals surface area contributed by atoms with Gasteiger partial charge in [-0.3, -0.25) is 14.4 Å². The van der Waals surface area contributed by atoms with Crippen molar-refractivity contribution in [2.24, 2.45) is 17.8 Å². The number of ether oxygens (including phenoxy) is 1. The van der Waals surface area contributed by atoms with Crippen LogP contribution in [0.1, 0.15) is 63.6 Å². The number of rotatable bonds is 6. The minimum absolute atomic E-state index is 0.0628. The Bertz CT molecular complexity index is 1510. The summed E-state index contributed by atoms with van der Waals surface area (Å²) in [5.41, 5.74) is 1.50. The van der Waals surface area contributed by atoms with Crippen LogP contribution in [0, 0.1) is 17.8 Å². The van der Waals surface area contributed by atoms with Gasteiger partial charge in [0, 0.05) is 17.1 Å². The molecule has 0 amide bonds. The van der Waals surface area contributed by atoms with Crippen molar-refractivity contribution >= 4 is 23.1 Å². The summed E-state index contributed by atoms with van der Waals surface area (Å²) in [6.07, 6.45) is 2.76. The van der Waals surface area contributed by atoms with Crippen molar-refractivity contribution < 1.29 is 34.4 Å². The van der Waals surface area contributed by atoms with Crippen LogP contribution in [0.3, 0.4) is 0 Å². The third-order valence-electron chi connectivity index (χ3n) is 8.86. The molecule has 2 aromatic rings. The van der Waals surface area contributed by atoms with Gasteiger partial charge in [-0.2, -0.15) is 0 Å². The minimum atomic E-state index is -2.42. The number of Topliss-reactive ketones (excluding diaryl/α,β-unsaturated/α-hetero) is 3. The molecule has 0 bridgehead atoms. The summed E-state index contributed by atoms with van der Waals surface area (Å²) in [5.74, 6) is -2.89. The van der Waals surface area contributed by atoms with Crippen molar-refractivity contribution in [3.8, 4) is 22.6 Å². The largest absolute Gasteiger partial charge is 0.507 e. The third-order valence-corrected chi connectivity index (χ3v) is 8.86. The summed E-state index contributed by atoms with van der Waals surface area (Å²) in [6.45, 7) is 7.29. The predicted octanol–water partition coefficient (Wildman–Crippen LogP) is 5.30. The smallest absolute Gasteiger partial charge is 0.206 e. The van der Waals surface area contributed by atoms with Crippen molar-refractivity contribution in [2.75, 3.05) is 7.11 Å². The number of allylic oxidation sites excluding steroid dienone is 1. The molecule has 7 nitrogen and oxygen atoms in total. The third kappa shape index (κ3) is 4.19. The van der Waals surface area contributed by atoms with E-state index in [1.807, 2.05) is 12.1 Å². The van der Waals surface area contributed by atoms with Crippen molar-refractivity contribution in [3.05, 3.63) is 63.7 Å². The molecule has 1 fully saturated rings. The average molecular weight is 545 g/mol. The van der Waals surface area contributed by atoms with E-state index in [-0.39, 0.29) is 35.3 Å². The number of phenols is 1. The first-order valence-electron chi connectivity index (χ1n) is 13.9. The number of carbonyl (C=O) groups is 3. The van der Waals surface area contributed by atoms with Crippen LogP contribution < -0.4 is 4.74 Å². The van der Waals surface area contributed by atoms with Crippen LogP contribution in [0.25, 0.3) is 16.9 Å². The predicted molar refractivity (Wildman–Crippen MR) is 151 cm³/mol. The number of carbonyl (C=O) groups excluding carboxylic acids is 3. The van der Waals surface area contributed by atoms with Crippen LogP contribution in [-0.4, -0.2) is 45.4 Å². The lowest BCUT2D eigenvalue weighted by Gasteiger charge is -2.46. The van der Waals surface area contributed by atoms with E-state index in [2.05, 4.69) is 19.9 Å². The van der Waals surface area contributed by atoms with Gasteiger partial charge in [0.1, 0.15) is 17.3 Å². The monoisotopic (exact) mass is 544 g/mol. The number of benzene rings is 2. The molecule has 1 saturated carbocycles. The summed E-state index contributed by atoms with van der Waals surface area (Å²) in [7, 11) is 1.60. The first kappa shape index (κ1) is 27.8. The molecule has 0 radical (unpaired) electrons. The maximum atomic E-state index is 13.8. The molecule has 40 heavy (non-hydrogen) atoms. The second-order valence-electron chi connectivity index (χ2n) is 11.9. The molecule has 5 rings (SSSR count). The molecule has 0 saturated heterocycles. The lowest BCUT2D eigenvalue weighted by atomic mass is 9.57. The number of aliphatic hydroxyl groups is 2. The molecular weight excluding hydrogens is 508 g/mol. The highest BCUT2D eigenvalue weighted by atomic mass is 16.5. The molecule has 0 aliphatic heterocycles. The molecule has 0 aromatic heterocycles. The van der Waals surface area contributed by atoms with Gasteiger partial charge in [-0.15, -0.1) is 0 Å². The number of aryl methyl sites for hydroxylation is 1. The molecule has 3 aliphatic rings. The van der Waals surface area contributed by atoms with E-state index in [1.165, 1.54) is 13.0 Å². The van der Waals surface area contributed by atoms with Gasteiger partial charge in [-0.05, 0) is 92.7 Å². The van der Waals surface area contributed by atoms with Crippen LogP contribution in [0.2, 0.25) is 0 Å². The van der Waals surface area contributed by atoms with Gasteiger partial charge in [0.25, 0.3) is 0 Å². The van der Waals surface area contributed by atoms with Crippen LogP contribution >= 0.6 is 0 Å². The van der Waals surface area contributed by atoms with Crippen molar-refractivity contribution in [1.29, 1.82) is 0 Å². The van der Waals surface area contributed by atoms with Gasteiger partial charge in [-0.25, -0.2) is 0 Å². The fourth-order valence-electron chi connectivity index (χ4n) is 6.85. The van der Waals surface area contributed by atoms with Crippen LogP contribution in [0.4, 0.5) is 0 Å². The Hall–Kier alpha value is -3.71. The minimum Gasteiger partial charge on any atom is -0.507 e. The van der Waals surface area contributed by atoms with E-state index < -0.39 is 40.5 Å². The van der Waals surface area contributed by atoms with E-state index in [0.29, 0.717) is 29.2 Å². The number of aromatic hydroxyl groups is 1. The van der Waals surface area contributed by atoms with Crippen molar-refractivity contribution in [2.45, 2.75) is 65.4 Å². The summed E-state index contributed by atoms with van der Waals surface area (Å²) in [5, 5.41) is 33.9. The lowest BCUT2D eigenvalue weighted by molar-refractivity contribution is -0.157. The SMILES string of the molecule is COc1ccc(CCC(C)C)cc1-c1ccc(O)c2c1C[C@H]1C[C@H]3CC(C)=C(C(C)=O)C(=O)[C@@]3(O)C(=O)C1=C2O. The Balaban J connectivity index is 1.65. The lowest BCUT2D eigenvalue weighted by Crippen LogP contribution is -2.61. The summed E-state index contributed by atoms with van der Waals surface area (Å²) in [6, 6.07) is 9.31. The maximum Gasteiger partial charge on any atom is 0.206 e. The molecule has 2 aromatic carbocycles. The standard InChI is InChI=1S/C33H36O7/c1-16(2)6-7-19-8-11-26(40-5)23(13-19)22-9-10-25(35)29-24(22)15-20-14-21-12-17(3)27(18(4)34)31(37)33(21,39)32(38)28(20)30(29)36/h8-11,13,16,20-21,35-36,39H,6-7,12,14-15H2,1-5H3/t20-,21-,33-/m1/s1. The van der Waals surface area contributed by atoms with Crippen LogP contribution in [0.5, 0.6) is 11.5 Å². The van der Waals surface area contributed by atoms with Crippen molar-refractivity contribution in [1.82, 2.24) is 0 Å². The Labute approximate surface area is 234 Å². The van der Waals surface area contributed by atoms with Crippen LogP contribution in [0.15, 0.2) is 47.1 Å². The van der Waals surface area contributed by atoms with E-state index in [9.17, 15) is 29.7 Å². The van der Waals surface area contributed by atoms with Crippen LogP contribution in [-0.2, 0) is 27.2 Å². The number of hydrogen-bond donors (Lipinski definition) is 3. The number of phenolic OH excluding ortho intramolecular Hbond substituents is 1. The van der Waals surface area contributed by atoms with Gasteiger partial charge in [-0.1, -0.05) is 31.6 Å². The van der Waals surface area contributed by atoms with Gasteiger partial charge >= 0.3 is 0 Å². The van der Waals surface area contributed by atoms with E-state index in [1.54, 1.807) is 20.1 Å². The summed E-state index contributed by atoms with van der Waals surface area (Å²) < 4.78 is 5.69. The molecule has 210 valence electrons. The molecule has 0 heterocycles. The second kappa shape index (κ2) is 10.0. The zero-order valence-electron chi connectivity index (χ0n) is 23.6. The second-order valence-corrected chi connectivity index (χ2v) is 11.9. The Morgan fingerprint density at radius 3 is 2.45 bits per heavy atom. The molecule has 0 unspecified atom stereocenters. The first-order valence-corrected chi connectivity index (χ1v) is 13.9. The quantitative estimate of drug-likeness (QED) is 0.333. The number of hydrogen-bond acceptors (Lipinski definition) is 7. The van der Waals surface area contributed by atoms with Gasteiger partial charge in [0.05, 0.1) is 18.2 Å². The highest BCUT2D eigenvalue weighted by Gasteiger charge is 2.60. The molecule has 7 heteroatoms. The number of aliphatic hydroxyl groups excluding tert-OH is 1. The number of methoxy groups -OCH3 is 1. The van der Waals surface area contributed by atoms with E-state index in [4.69, 9.17) is 4.74 Å². The Kier molecular flexibility index (Phi) is 6.99. The van der Waals surface area contributed by atoms with Crippen molar-refractivity contribution in [3.63, 3.8) is 0 Å². The summed E-state index contributed by atoms with van der Waals surface area (Å²) >= 11 is 0. The molecule has 0 spiro atoms. The summed E-state index contributed by atoms with van der Waals surface area (Å²) in [4.78, 5) is 39.4. The maximum absolute atomic E-state index is 13.8. The topological polar surface area (TPSA) is 121 Å². The molecule has 3 aliphatic carbocycles.